The van der Waals surface area contributed by atoms with E-state index in [2.05, 4.69) is 23.6 Å². The number of halogens is 3. The molecule has 2 heterocycles. The van der Waals surface area contributed by atoms with Gasteiger partial charge in [-0.2, -0.15) is 60.2 Å². The van der Waals surface area contributed by atoms with Crippen molar-refractivity contribution in [3.05, 3.63) is 75.9 Å². The molecule has 0 N–H and O–H groups in total. The van der Waals surface area contributed by atoms with Crippen LogP contribution in [0.5, 0.6) is 0 Å². The molecule has 0 atom stereocenters. The zero-order valence-electron chi connectivity index (χ0n) is 27.8. The summed E-state index contributed by atoms with van der Waals surface area (Å²) in [6, 6.07) is 15.2. The van der Waals surface area contributed by atoms with Crippen LogP contribution in [-0.2, 0) is 12.7 Å². The molecule has 0 spiro atoms. The van der Waals surface area contributed by atoms with Gasteiger partial charge in [-0.25, -0.2) is 0 Å². The minimum atomic E-state index is -4.52. The normalized spacial score (nSPS) is 13.8. The zero-order valence-corrected chi connectivity index (χ0v) is 31.0. The first kappa shape index (κ1) is 37.3. The number of hydrogen-bond acceptors (Lipinski definition) is 8. The van der Waals surface area contributed by atoms with E-state index in [0.29, 0.717) is 28.0 Å². The lowest BCUT2D eigenvalue weighted by molar-refractivity contribution is -0.138. The molecule has 0 amide bonds. The number of anilines is 1. The molecule has 2 aromatic rings. The Morgan fingerprint density at radius 2 is 1.46 bits per heavy atom. The molecule has 1 fully saturated rings. The first-order chi connectivity index (χ1) is 23.3. The Morgan fingerprint density at radius 3 is 2.10 bits per heavy atom. The summed E-state index contributed by atoms with van der Waals surface area (Å²) in [5.74, 6) is 8.65. The maximum Gasteiger partial charge on any atom is 0.416 e. The highest BCUT2D eigenvalue weighted by molar-refractivity contribution is 8.03. The number of nitrogens with zero attached hydrogens (tertiary/aromatic N) is 2. The molecule has 0 bridgehead atoms. The Hall–Kier alpha value is -1.92. The van der Waals surface area contributed by atoms with Crippen molar-refractivity contribution in [2.24, 2.45) is 0 Å². The predicted octanol–water partition coefficient (Wildman–Crippen LogP) is 9.96. The highest BCUT2D eigenvalue weighted by Crippen LogP contribution is 2.43. The van der Waals surface area contributed by atoms with Crippen molar-refractivity contribution in [3.63, 3.8) is 0 Å². The van der Waals surface area contributed by atoms with E-state index in [9.17, 15) is 18.0 Å². The molecule has 0 aromatic heterocycles. The first-order valence-electron chi connectivity index (χ1n) is 16.8. The molecule has 4 nitrogen and oxygen atoms in total. The predicted molar refractivity (Wildman–Crippen MR) is 207 cm³/mol. The smallest absolute Gasteiger partial charge is 0.416 e. The third kappa shape index (κ3) is 10.1. The third-order valence-corrected chi connectivity index (χ3v) is 12.7. The van der Waals surface area contributed by atoms with Crippen molar-refractivity contribution in [3.8, 4) is 22.5 Å². The zero-order chi connectivity index (χ0) is 33.9. The summed E-state index contributed by atoms with van der Waals surface area (Å²) >= 11 is 7.58. The maximum atomic E-state index is 14.9. The van der Waals surface area contributed by atoms with Crippen LogP contribution in [-0.4, -0.2) is 77.1 Å². The Balaban J connectivity index is 1.47. The van der Waals surface area contributed by atoms with Crippen molar-refractivity contribution in [2.45, 2.75) is 39.4 Å². The van der Waals surface area contributed by atoms with Crippen LogP contribution in [0.25, 0.3) is 33.4 Å². The average Bonchev–Trinajstić information content (AvgIpc) is 3.61. The lowest BCUT2D eigenvalue weighted by Gasteiger charge is -2.25. The summed E-state index contributed by atoms with van der Waals surface area (Å²) in [6.07, 6.45) is -2.28. The molecule has 1 aliphatic carbocycles. The molecule has 260 valence electrons. The molecule has 0 unspecified atom stereocenters. The second-order valence-corrected chi connectivity index (χ2v) is 17.0. The van der Waals surface area contributed by atoms with Gasteiger partial charge in [0.2, 0.25) is 0 Å². The van der Waals surface area contributed by atoms with Crippen molar-refractivity contribution in [1.29, 1.82) is 0 Å². The van der Waals surface area contributed by atoms with Gasteiger partial charge in [0.1, 0.15) is 11.3 Å². The Kier molecular flexibility index (Phi) is 14.3. The largest absolute Gasteiger partial charge is 0.456 e. The average molecular weight is 735 g/mol. The third-order valence-electron chi connectivity index (χ3n) is 8.50. The van der Waals surface area contributed by atoms with Crippen LogP contribution in [0.1, 0.15) is 37.8 Å². The van der Waals surface area contributed by atoms with Crippen LogP contribution in [0, 0.1) is 0 Å². The SMILES string of the molecule is CCSCCSCCN(CCSCCSCC)Cc1ccc(-c2c3ccc(=O)cc-3oc3cc(N4CCCC4)ccc23)cc1C(F)(F)F. The summed E-state index contributed by atoms with van der Waals surface area (Å²) in [4.78, 5) is 16.8. The highest BCUT2D eigenvalue weighted by atomic mass is 32.2. The van der Waals surface area contributed by atoms with Gasteiger partial charge in [0.05, 0.1) is 5.56 Å². The van der Waals surface area contributed by atoms with Crippen molar-refractivity contribution < 1.29 is 17.6 Å². The maximum absolute atomic E-state index is 14.9. The first-order valence-corrected chi connectivity index (χ1v) is 21.4. The molecule has 2 aliphatic heterocycles. The number of rotatable bonds is 18. The van der Waals surface area contributed by atoms with E-state index < -0.39 is 11.7 Å². The lowest BCUT2D eigenvalue weighted by atomic mass is 9.91. The van der Waals surface area contributed by atoms with Gasteiger partial charge in [0.15, 0.2) is 5.43 Å². The standard InChI is InChI=1S/C37H45F3N2O2S4/c1-3-45-19-21-47-17-15-41(16-18-48-22-20-46-4-2)26-28-8-7-27(23-33(28)37(38,39)40)36-31-11-9-29(42-13-5-6-14-42)24-34(31)44-35-25-30(43)10-12-32(35)36/h7-12,23-25H,3-6,13-22,26H2,1-2H3. The fraction of sp³-hybridized carbons (Fsp3) is 0.486. The number of thioether (sulfide) groups is 4. The van der Waals surface area contributed by atoms with Gasteiger partial charge in [-0.15, -0.1) is 0 Å². The molecule has 48 heavy (non-hydrogen) atoms. The van der Waals surface area contributed by atoms with Crippen molar-refractivity contribution in [2.75, 3.05) is 77.1 Å². The van der Waals surface area contributed by atoms with Crippen LogP contribution in [0.3, 0.4) is 0 Å². The van der Waals surface area contributed by atoms with Gasteiger partial charge in [0, 0.05) is 102 Å². The van der Waals surface area contributed by atoms with E-state index in [1.54, 1.807) is 12.1 Å². The van der Waals surface area contributed by atoms with Crippen LogP contribution < -0.4 is 10.3 Å². The second-order valence-electron chi connectivity index (χ2n) is 11.8. The van der Waals surface area contributed by atoms with Crippen molar-refractivity contribution in [1.82, 2.24) is 4.90 Å². The van der Waals surface area contributed by atoms with Gasteiger partial charge in [-0.1, -0.05) is 26.0 Å². The van der Waals surface area contributed by atoms with Crippen LogP contribution in [0.4, 0.5) is 18.9 Å². The molecule has 3 aliphatic rings. The minimum absolute atomic E-state index is 0.205. The summed E-state index contributed by atoms with van der Waals surface area (Å²) in [6.45, 7) is 7.96. The second kappa shape index (κ2) is 18.4. The van der Waals surface area contributed by atoms with E-state index in [-0.39, 0.29) is 17.5 Å². The van der Waals surface area contributed by atoms with E-state index >= 15 is 0 Å². The van der Waals surface area contributed by atoms with Gasteiger partial charge in [0.25, 0.3) is 0 Å². The quantitative estimate of drug-likeness (QED) is 0.0739. The number of fused-ring (bicyclic) bond motifs is 2. The van der Waals surface area contributed by atoms with E-state index in [0.717, 1.165) is 96.1 Å². The van der Waals surface area contributed by atoms with Gasteiger partial charge in [-0.3, -0.25) is 9.69 Å². The summed E-state index contributed by atoms with van der Waals surface area (Å²) < 4.78 is 50.8. The molecule has 5 rings (SSSR count). The van der Waals surface area contributed by atoms with E-state index in [1.165, 1.54) is 18.2 Å². The van der Waals surface area contributed by atoms with Gasteiger partial charge >= 0.3 is 6.18 Å². The molecule has 0 saturated carbocycles. The minimum Gasteiger partial charge on any atom is -0.456 e. The van der Waals surface area contributed by atoms with Crippen LogP contribution in [0.2, 0.25) is 0 Å². The topological polar surface area (TPSA) is 36.7 Å². The number of hydrogen-bond donors (Lipinski definition) is 0. The summed E-state index contributed by atoms with van der Waals surface area (Å²) in [5.41, 5.74) is 2.78. The van der Waals surface area contributed by atoms with Gasteiger partial charge < -0.3 is 9.32 Å². The molecule has 2 aromatic carbocycles. The monoisotopic (exact) mass is 734 g/mol. The Labute approximate surface area is 299 Å². The summed E-state index contributed by atoms with van der Waals surface area (Å²) in [5, 5.41) is 0.725. The number of benzene rings is 3. The highest BCUT2D eigenvalue weighted by Gasteiger charge is 2.34. The lowest BCUT2D eigenvalue weighted by Crippen LogP contribution is -2.29. The molecule has 11 heteroatoms. The molecular weight excluding hydrogens is 690 g/mol. The fourth-order valence-corrected chi connectivity index (χ4v) is 9.75. The van der Waals surface area contributed by atoms with Crippen LogP contribution in [0.15, 0.2) is 63.8 Å². The number of alkyl halides is 3. The van der Waals surface area contributed by atoms with Crippen molar-refractivity contribution >= 4 is 63.7 Å². The Morgan fingerprint density at radius 1 is 0.792 bits per heavy atom. The van der Waals surface area contributed by atoms with E-state index in [1.807, 2.05) is 71.3 Å². The van der Waals surface area contributed by atoms with E-state index in [4.69, 9.17) is 4.42 Å². The molecular formula is C37H45F3N2O2S4. The Bertz CT molecular complexity index is 1630. The fourth-order valence-electron chi connectivity index (χ4n) is 6.10. The van der Waals surface area contributed by atoms with Gasteiger partial charge in [-0.05, 0) is 65.8 Å². The van der Waals surface area contributed by atoms with Crippen LogP contribution >= 0.6 is 47.0 Å². The molecule has 0 radical (unpaired) electrons. The summed E-state index contributed by atoms with van der Waals surface area (Å²) in [7, 11) is 0. The molecule has 1 saturated heterocycles.